The molecule has 6 heteroatoms. The van der Waals surface area contributed by atoms with Crippen LogP contribution in [0.15, 0.2) is 48.5 Å². The first-order chi connectivity index (χ1) is 10.1. The maximum atomic E-state index is 12.2. The van der Waals surface area contributed by atoms with Crippen LogP contribution in [-0.2, 0) is 5.33 Å². The average Bonchev–Trinajstić information content (AvgIpc) is 2.49. The third kappa shape index (κ3) is 4.06. The van der Waals surface area contributed by atoms with Crippen LogP contribution in [0.25, 0.3) is 0 Å². The first-order valence-corrected chi connectivity index (χ1v) is 7.27. The normalized spacial score (nSPS) is 9.95. The van der Waals surface area contributed by atoms with Gasteiger partial charge in [-0.2, -0.15) is 0 Å². The molecule has 0 saturated carbocycles. The van der Waals surface area contributed by atoms with Gasteiger partial charge in [0.05, 0.1) is 11.4 Å². The van der Waals surface area contributed by atoms with E-state index in [1.54, 1.807) is 36.4 Å². The van der Waals surface area contributed by atoms with Crippen molar-refractivity contribution < 1.29 is 14.7 Å². The minimum Gasteiger partial charge on any atom is -0.465 e. The summed E-state index contributed by atoms with van der Waals surface area (Å²) in [5.74, 6) is -0.296. The Morgan fingerprint density at radius 2 is 1.52 bits per heavy atom. The van der Waals surface area contributed by atoms with E-state index in [4.69, 9.17) is 5.11 Å². The Labute approximate surface area is 130 Å². The highest BCUT2D eigenvalue weighted by Crippen LogP contribution is 2.21. The van der Waals surface area contributed by atoms with Gasteiger partial charge in [-0.1, -0.05) is 40.2 Å². The second kappa shape index (κ2) is 6.90. The predicted molar refractivity (Wildman–Crippen MR) is 85.1 cm³/mol. The molecule has 2 aromatic carbocycles. The van der Waals surface area contributed by atoms with Gasteiger partial charge in [0.25, 0.3) is 5.91 Å². The molecule has 21 heavy (non-hydrogen) atoms. The van der Waals surface area contributed by atoms with Crippen molar-refractivity contribution in [2.75, 3.05) is 10.6 Å². The lowest BCUT2D eigenvalue weighted by Gasteiger charge is -2.10. The first-order valence-electron chi connectivity index (χ1n) is 6.15. The zero-order chi connectivity index (χ0) is 15.2. The minimum atomic E-state index is -1.18. The van der Waals surface area contributed by atoms with E-state index in [0.29, 0.717) is 16.9 Å². The fraction of sp³-hybridized carbons (Fsp3) is 0.0667. The first kappa shape index (κ1) is 15.1. The second-order valence-electron chi connectivity index (χ2n) is 4.26. The van der Waals surface area contributed by atoms with Crippen molar-refractivity contribution in [2.24, 2.45) is 0 Å². The Kier molecular flexibility index (Phi) is 4.94. The van der Waals surface area contributed by atoms with E-state index in [1.165, 1.54) is 0 Å². The summed E-state index contributed by atoms with van der Waals surface area (Å²) in [7, 11) is 0. The highest BCUT2D eigenvalue weighted by molar-refractivity contribution is 9.08. The molecule has 0 aromatic heterocycles. The van der Waals surface area contributed by atoms with Gasteiger partial charge in [0, 0.05) is 10.9 Å². The fourth-order valence-corrected chi connectivity index (χ4v) is 2.13. The van der Waals surface area contributed by atoms with Crippen molar-refractivity contribution in [2.45, 2.75) is 5.33 Å². The summed E-state index contributed by atoms with van der Waals surface area (Å²) in [6.45, 7) is 0. The Morgan fingerprint density at radius 3 is 2.05 bits per heavy atom. The van der Waals surface area contributed by atoms with Crippen LogP contribution in [0.5, 0.6) is 0 Å². The van der Waals surface area contributed by atoms with E-state index in [9.17, 15) is 9.59 Å². The second-order valence-corrected chi connectivity index (χ2v) is 4.82. The molecule has 5 nitrogen and oxygen atoms in total. The van der Waals surface area contributed by atoms with E-state index >= 15 is 0 Å². The number of alkyl halides is 1. The van der Waals surface area contributed by atoms with Crippen LogP contribution in [0.3, 0.4) is 0 Å². The maximum absolute atomic E-state index is 12.2. The van der Waals surface area contributed by atoms with Gasteiger partial charge in [0.15, 0.2) is 0 Å². The van der Waals surface area contributed by atoms with E-state index < -0.39 is 6.09 Å². The molecular weight excluding hydrogens is 336 g/mol. The fourth-order valence-electron chi connectivity index (χ4n) is 1.76. The number of para-hydroxylation sites is 2. The van der Waals surface area contributed by atoms with Gasteiger partial charge >= 0.3 is 6.09 Å². The number of anilines is 2. The highest BCUT2D eigenvalue weighted by Gasteiger charge is 2.10. The average molecular weight is 349 g/mol. The molecule has 0 spiro atoms. The number of rotatable bonds is 4. The molecule has 0 fully saturated rings. The van der Waals surface area contributed by atoms with Gasteiger partial charge in [-0.15, -0.1) is 0 Å². The molecule has 0 atom stereocenters. The topological polar surface area (TPSA) is 78.4 Å². The highest BCUT2D eigenvalue weighted by atomic mass is 79.9. The van der Waals surface area contributed by atoms with Crippen molar-refractivity contribution in [3.8, 4) is 0 Å². The van der Waals surface area contributed by atoms with Crippen LogP contribution in [0.1, 0.15) is 15.9 Å². The van der Waals surface area contributed by atoms with E-state index in [2.05, 4.69) is 26.6 Å². The predicted octanol–water partition coefficient (Wildman–Crippen LogP) is 3.92. The molecule has 0 aliphatic carbocycles. The summed E-state index contributed by atoms with van der Waals surface area (Å²) in [5, 5.41) is 14.4. The van der Waals surface area contributed by atoms with Crippen molar-refractivity contribution >= 4 is 39.3 Å². The Balaban J connectivity index is 2.17. The van der Waals surface area contributed by atoms with Crippen LogP contribution in [0, 0.1) is 0 Å². The third-order valence-corrected chi connectivity index (χ3v) is 3.43. The molecular formula is C15H13BrN2O3. The third-order valence-electron chi connectivity index (χ3n) is 2.79. The van der Waals surface area contributed by atoms with Gasteiger partial charge in [-0.3, -0.25) is 10.1 Å². The summed E-state index contributed by atoms with van der Waals surface area (Å²) < 4.78 is 0. The molecule has 0 unspecified atom stereocenters. The Hall–Kier alpha value is -2.34. The number of halogens is 1. The van der Waals surface area contributed by atoms with Crippen LogP contribution in [0.4, 0.5) is 16.2 Å². The quantitative estimate of drug-likeness (QED) is 0.732. The van der Waals surface area contributed by atoms with E-state index in [1.807, 2.05) is 12.1 Å². The number of benzene rings is 2. The molecule has 108 valence electrons. The lowest BCUT2D eigenvalue weighted by molar-refractivity contribution is 0.102. The molecule has 0 radical (unpaired) electrons. The number of amides is 2. The number of hydrogen-bond acceptors (Lipinski definition) is 2. The van der Waals surface area contributed by atoms with Crippen molar-refractivity contribution in [3.63, 3.8) is 0 Å². The SMILES string of the molecule is O=C(O)Nc1ccccc1NC(=O)c1ccc(CBr)cc1. The molecule has 0 aliphatic heterocycles. The van der Waals surface area contributed by atoms with Gasteiger partial charge in [0.1, 0.15) is 0 Å². The molecule has 0 bridgehead atoms. The van der Waals surface area contributed by atoms with Gasteiger partial charge < -0.3 is 10.4 Å². The van der Waals surface area contributed by atoms with Crippen molar-refractivity contribution in [1.29, 1.82) is 0 Å². The smallest absolute Gasteiger partial charge is 0.409 e. The molecule has 0 saturated heterocycles. The molecule has 2 rings (SSSR count). The summed E-state index contributed by atoms with van der Waals surface area (Å²) in [6.07, 6.45) is -1.18. The zero-order valence-corrected chi connectivity index (χ0v) is 12.6. The Bertz CT molecular complexity index is 656. The standard InChI is InChI=1S/C15H13BrN2O3/c16-9-10-5-7-11(8-6-10)14(19)17-12-3-1-2-4-13(12)18-15(20)21/h1-8,18H,9H2,(H,17,19)(H,20,21). The summed E-state index contributed by atoms with van der Waals surface area (Å²) in [5.41, 5.74) is 2.31. The largest absolute Gasteiger partial charge is 0.465 e. The minimum absolute atomic E-state index is 0.296. The number of carbonyl (C=O) groups excluding carboxylic acids is 1. The van der Waals surface area contributed by atoms with E-state index in [0.717, 1.165) is 10.9 Å². The van der Waals surface area contributed by atoms with Crippen molar-refractivity contribution in [3.05, 3.63) is 59.7 Å². The van der Waals surface area contributed by atoms with Gasteiger partial charge in [0.2, 0.25) is 0 Å². The number of carbonyl (C=O) groups is 2. The van der Waals surface area contributed by atoms with E-state index in [-0.39, 0.29) is 5.91 Å². The Morgan fingerprint density at radius 1 is 0.952 bits per heavy atom. The summed E-state index contributed by atoms with van der Waals surface area (Å²) in [6, 6.07) is 13.8. The molecule has 2 aromatic rings. The van der Waals surface area contributed by atoms with Crippen LogP contribution < -0.4 is 10.6 Å². The number of carboxylic acid groups (broad SMARTS) is 1. The summed E-state index contributed by atoms with van der Waals surface area (Å²) >= 11 is 3.34. The molecule has 3 N–H and O–H groups in total. The summed E-state index contributed by atoms with van der Waals surface area (Å²) in [4.78, 5) is 22.9. The zero-order valence-electron chi connectivity index (χ0n) is 11.0. The van der Waals surface area contributed by atoms with Gasteiger partial charge in [-0.05, 0) is 29.8 Å². The van der Waals surface area contributed by atoms with Crippen LogP contribution >= 0.6 is 15.9 Å². The number of nitrogens with one attached hydrogen (secondary N) is 2. The van der Waals surface area contributed by atoms with Gasteiger partial charge in [-0.25, -0.2) is 4.79 Å². The van der Waals surface area contributed by atoms with Crippen molar-refractivity contribution in [1.82, 2.24) is 0 Å². The molecule has 2 amide bonds. The lowest BCUT2D eigenvalue weighted by Crippen LogP contribution is -2.15. The van der Waals surface area contributed by atoms with Crippen LogP contribution in [0.2, 0.25) is 0 Å². The van der Waals surface area contributed by atoms with Crippen LogP contribution in [-0.4, -0.2) is 17.1 Å². The lowest BCUT2D eigenvalue weighted by atomic mass is 10.1. The maximum Gasteiger partial charge on any atom is 0.409 e. The number of hydrogen-bond donors (Lipinski definition) is 3. The molecule has 0 heterocycles. The molecule has 0 aliphatic rings. The monoisotopic (exact) mass is 348 g/mol.